The number of carbonyl (C=O) groups is 2. The predicted octanol–water partition coefficient (Wildman–Crippen LogP) is 2.31. The molecule has 4 unspecified atom stereocenters. The number of nitrogens with zero attached hydrogens (tertiary/aromatic N) is 1. The van der Waals surface area contributed by atoms with Crippen molar-refractivity contribution in [2.24, 2.45) is 29.6 Å². The molecule has 2 fully saturated rings. The molecule has 1 aliphatic heterocycles. The maximum atomic E-state index is 12.2. The van der Waals surface area contributed by atoms with Crippen LogP contribution in [0.25, 0.3) is 0 Å². The summed E-state index contributed by atoms with van der Waals surface area (Å²) in [5.74, 6) is 1.42. The number of imide groups is 1. The zero-order valence-electron chi connectivity index (χ0n) is 11.3. The van der Waals surface area contributed by atoms with E-state index < -0.39 is 0 Å². The Hall–Kier alpha value is -0.860. The molecule has 1 saturated carbocycles. The maximum absolute atomic E-state index is 12.2. The number of rotatable bonds is 3. The van der Waals surface area contributed by atoms with Crippen molar-refractivity contribution in [1.82, 2.24) is 4.90 Å². The van der Waals surface area contributed by atoms with Crippen LogP contribution in [0.15, 0.2) is 0 Å². The third-order valence-corrected chi connectivity index (χ3v) is 4.68. The molecule has 1 heterocycles. The largest absolute Gasteiger partial charge is 0.285 e. The summed E-state index contributed by atoms with van der Waals surface area (Å²) in [6.45, 7) is 6.50. The standard InChI is InChI=1S/C14H23NO2/c1-5-6-9-7-10(8(2)3)12-11(9)13(16)15(4)14(12)17/h8-12H,5-7H2,1-4H3. The minimum absolute atomic E-state index is 0.0140. The van der Waals surface area contributed by atoms with Gasteiger partial charge in [0.05, 0.1) is 11.8 Å². The molecule has 2 aliphatic rings. The van der Waals surface area contributed by atoms with Gasteiger partial charge in [-0.05, 0) is 30.6 Å². The molecule has 0 radical (unpaired) electrons. The van der Waals surface area contributed by atoms with Gasteiger partial charge in [-0.1, -0.05) is 27.2 Å². The van der Waals surface area contributed by atoms with Crippen LogP contribution in [0, 0.1) is 29.6 Å². The minimum atomic E-state index is -0.0240. The molecule has 1 aliphatic carbocycles. The quantitative estimate of drug-likeness (QED) is 0.706. The van der Waals surface area contributed by atoms with E-state index in [0.29, 0.717) is 17.8 Å². The van der Waals surface area contributed by atoms with E-state index in [1.165, 1.54) is 4.90 Å². The van der Waals surface area contributed by atoms with E-state index in [1.807, 2.05) is 0 Å². The van der Waals surface area contributed by atoms with E-state index in [0.717, 1.165) is 19.3 Å². The third kappa shape index (κ3) is 1.80. The average molecular weight is 237 g/mol. The zero-order valence-corrected chi connectivity index (χ0v) is 11.3. The SMILES string of the molecule is CCCC1CC(C(C)C)C2C(=O)N(C)C(=O)C12. The van der Waals surface area contributed by atoms with Crippen LogP contribution < -0.4 is 0 Å². The van der Waals surface area contributed by atoms with Gasteiger partial charge >= 0.3 is 0 Å². The molecule has 3 heteroatoms. The van der Waals surface area contributed by atoms with Crippen LogP contribution >= 0.6 is 0 Å². The number of fused-ring (bicyclic) bond motifs is 1. The molecule has 0 aromatic rings. The van der Waals surface area contributed by atoms with Gasteiger partial charge < -0.3 is 0 Å². The van der Waals surface area contributed by atoms with Crippen molar-refractivity contribution in [3.05, 3.63) is 0 Å². The zero-order chi connectivity index (χ0) is 12.7. The van der Waals surface area contributed by atoms with E-state index >= 15 is 0 Å². The fraction of sp³-hybridized carbons (Fsp3) is 0.857. The number of amides is 2. The lowest BCUT2D eigenvalue weighted by Crippen LogP contribution is -2.30. The molecule has 17 heavy (non-hydrogen) atoms. The Labute approximate surface area is 104 Å². The molecule has 2 amide bonds. The number of hydrogen-bond donors (Lipinski definition) is 0. The van der Waals surface area contributed by atoms with Crippen LogP contribution in [0.4, 0.5) is 0 Å². The summed E-state index contributed by atoms with van der Waals surface area (Å²) in [6, 6.07) is 0. The lowest BCUT2D eigenvalue weighted by atomic mass is 9.83. The Balaban J connectivity index is 2.29. The van der Waals surface area contributed by atoms with Crippen molar-refractivity contribution in [2.75, 3.05) is 7.05 Å². The van der Waals surface area contributed by atoms with Crippen LogP contribution in [0.2, 0.25) is 0 Å². The second kappa shape index (κ2) is 4.43. The normalized spacial score (nSPS) is 37.1. The molecular weight excluding hydrogens is 214 g/mol. The fourth-order valence-corrected chi connectivity index (χ4v) is 3.81. The highest BCUT2D eigenvalue weighted by Gasteiger charge is 2.57. The van der Waals surface area contributed by atoms with Gasteiger partial charge in [-0.25, -0.2) is 0 Å². The first-order chi connectivity index (χ1) is 7.99. The lowest BCUT2D eigenvalue weighted by molar-refractivity contribution is -0.139. The minimum Gasteiger partial charge on any atom is -0.285 e. The van der Waals surface area contributed by atoms with E-state index in [1.54, 1.807) is 7.05 Å². The Morgan fingerprint density at radius 3 is 2.35 bits per heavy atom. The molecule has 0 aromatic heterocycles. The molecule has 96 valence electrons. The fourth-order valence-electron chi connectivity index (χ4n) is 3.81. The summed E-state index contributed by atoms with van der Waals surface area (Å²) >= 11 is 0. The van der Waals surface area contributed by atoms with Crippen molar-refractivity contribution in [1.29, 1.82) is 0 Å². The van der Waals surface area contributed by atoms with Gasteiger partial charge in [0.1, 0.15) is 0 Å². The molecule has 0 N–H and O–H groups in total. The highest BCUT2D eigenvalue weighted by Crippen LogP contribution is 2.51. The molecule has 0 spiro atoms. The van der Waals surface area contributed by atoms with Crippen LogP contribution in [0.1, 0.15) is 40.0 Å². The highest BCUT2D eigenvalue weighted by molar-refractivity contribution is 6.05. The van der Waals surface area contributed by atoms with Gasteiger partial charge in [0.15, 0.2) is 0 Å². The first kappa shape index (κ1) is 12.6. The van der Waals surface area contributed by atoms with E-state index in [9.17, 15) is 9.59 Å². The molecule has 1 saturated heterocycles. The van der Waals surface area contributed by atoms with Crippen molar-refractivity contribution >= 4 is 11.8 Å². The van der Waals surface area contributed by atoms with Crippen molar-refractivity contribution in [3.8, 4) is 0 Å². The van der Waals surface area contributed by atoms with E-state index in [2.05, 4.69) is 20.8 Å². The molecule has 0 aromatic carbocycles. The van der Waals surface area contributed by atoms with Gasteiger partial charge in [0.2, 0.25) is 11.8 Å². The van der Waals surface area contributed by atoms with Crippen molar-refractivity contribution in [2.45, 2.75) is 40.0 Å². The van der Waals surface area contributed by atoms with E-state index in [-0.39, 0.29) is 23.7 Å². The molecule has 0 bridgehead atoms. The summed E-state index contributed by atoms with van der Waals surface area (Å²) in [4.78, 5) is 25.7. The smallest absolute Gasteiger partial charge is 0.233 e. The summed E-state index contributed by atoms with van der Waals surface area (Å²) < 4.78 is 0. The Morgan fingerprint density at radius 2 is 1.82 bits per heavy atom. The second-order valence-electron chi connectivity index (χ2n) is 5.98. The molecule has 3 nitrogen and oxygen atoms in total. The monoisotopic (exact) mass is 237 g/mol. The third-order valence-electron chi connectivity index (χ3n) is 4.68. The Kier molecular flexibility index (Phi) is 3.28. The van der Waals surface area contributed by atoms with E-state index in [4.69, 9.17) is 0 Å². The topological polar surface area (TPSA) is 37.4 Å². The summed E-state index contributed by atoms with van der Waals surface area (Å²) in [7, 11) is 1.64. The van der Waals surface area contributed by atoms with Crippen molar-refractivity contribution in [3.63, 3.8) is 0 Å². The summed E-state index contributed by atoms with van der Waals surface area (Å²) in [6.07, 6.45) is 3.24. The average Bonchev–Trinajstić information content (AvgIpc) is 2.74. The first-order valence-corrected chi connectivity index (χ1v) is 6.80. The number of likely N-dealkylation sites (tertiary alicyclic amines) is 1. The predicted molar refractivity (Wildman–Crippen MR) is 66.1 cm³/mol. The van der Waals surface area contributed by atoms with Crippen LogP contribution in [-0.4, -0.2) is 23.8 Å². The lowest BCUT2D eigenvalue weighted by Gasteiger charge is -2.20. The van der Waals surface area contributed by atoms with Gasteiger partial charge in [-0.2, -0.15) is 0 Å². The summed E-state index contributed by atoms with van der Waals surface area (Å²) in [5, 5.41) is 0. The highest BCUT2D eigenvalue weighted by atomic mass is 16.2. The van der Waals surface area contributed by atoms with Gasteiger partial charge in [-0.3, -0.25) is 14.5 Å². The molecule has 2 rings (SSSR count). The molecule has 4 atom stereocenters. The second-order valence-corrected chi connectivity index (χ2v) is 5.98. The van der Waals surface area contributed by atoms with Crippen LogP contribution in [-0.2, 0) is 9.59 Å². The first-order valence-electron chi connectivity index (χ1n) is 6.80. The van der Waals surface area contributed by atoms with Gasteiger partial charge in [0, 0.05) is 7.05 Å². The Morgan fingerprint density at radius 1 is 1.24 bits per heavy atom. The Bertz CT molecular complexity index is 337. The number of carbonyl (C=O) groups excluding carboxylic acids is 2. The van der Waals surface area contributed by atoms with Gasteiger partial charge in [-0.15, -0.1) is 0 Å². The molecular formula is C14H23NO2. The maximum Gasteiger partial charge on any atom is 0.233 e. The summed E-state index contributed by atoms with van der Waals surface area (Å²) in [5.41, 5.74) is 0. The van der Waals surface area contributed by atoms with Crippen LogP contribution in [0.3, 0.4) is 0 Å². The van der Waals surface area contributed by atoms with Crippen LogP contribution in [0.5, 0.6) is 0 Å². The van der Waals surface area contributed by atoms with Gasteiger partial charge in [0.25, 0.3) is 0 Å². The number of hydrogen-bond acceptors (Lipinski definition) is 2. The van der Waals surface area contributed by atoms with Crippen molar-refractivity contribution < 1.29 is 9.59 Å².